The molecule has 1 aromatic heterocycles. The lowest BCUT2D eigenvalue weighted by atomic mass is 10.2. The van der Waals surface area contributed by atoms with Gasteiger partial charge in [-0.1, -0.05) is 11.8 Å². The predicted octanol–water partition coefficient (Wildman–Crippen LogP) is 1.09. The molecule has 1 aromatic rings. The van der Waals surface area contributed by atoms with Gasteiger partial charge in [-0.05, 0) is 32.6 Å². The zero-order valence-corrected chi connectivity index (χ0v) is 11.5. The molecule has 0 amide bonds. The van der Waals surface area contributed by atoms with E-state index in [0.29, 0.717) is 0 Å². The molecule has 1 rings (SSSR count). The molecule has 0 spiro atoms. The van der Waals surface area contributed by atoms with Crippen LogP contribution >= 0.6 is 11.3 Å². The average Bonchev–Trinajstić information content (AvgIpc) is 2.71. The van der Waals surface area contributed by atoms with Crippen LogP contribution in [0.3, 0.4) is 0 Å². The topological polar surface area (TPSA) is 26.7 Å². The highest BCUT2D eigenvalue weighted by Gasteiger charge is 2.06. The number of nitrogens with zero attached hydrogens (tertiary/aromatic N) is 2. The molecule has 0 atom stereocenters. The number of hydrogen-bond donors (Lipinski definition) is 1. The van der Waals surface area contributed by atoms with E-state index in [4.69, 9.17) is 5.11 Å². The van der Waals surface area contributed by atoms with Crippen molar-refractivity contribution in [3.63, 3.8) is 0 Å². The van der Waals surface area contributed by atoms with E-state index in [-0.39, 0.29) is 6.61 Å². The Balaban J connectivity index is 2.53. The molecule has 0 aromatic carbocycles. The molecule has 0 aliphatic carbocycles. The molecule has 0 aliphatic heterocycles. The molecule has 3 nitrogen and oxygen atoms in total. The van der Waals surface area contributed by atoms with Crippen molar-refractivity contribution in [3.05, 3.63) is 21.9 Å². The number of aliphatic hydroxyl groups excluding tert-OH is 1. The van der Waals surface area contributed by atoms with Crippen molar-refractivity contribution in [1.29, 1.82) is 0 Å². The van der Waals surface area contributed by atoms with E-state index >= 15 is 0 Å². The molecule has 1 heterocycles. The lowest BCUT2D eigenvalue weighted by Crippen LogP contribution is -2.28. The third-order valence-corrected chi connectivity index (χ3v) is 3.30. The molecular formula is C13H20N2OS. The SMILES string of the molecule is CN(C)CCN(C)Cc1sccc1C#CCO. The van der Waals surface area contributed by atoms with Crippen molar-refractivity contribution >= 4 is 11.3 Å². The fraction of sp³-hybridized carbons (Fsp3) is 0.538. The van der Waals surface area contributed by atoms with Crippen molar-refractivity contribution in [2.75, 3.05) is 40.8 Å². The van der Waals surface area contributed by atoms with Crippen LogP contribution in [0, 0.1) is 11.8 Å². The maximum atomic E-state index is 8.70. The largest absolute Gasteiger partial charge is 0.384 e. The molecule has 0 saturated heterocycles. The Labute approximate surface area is 108 Å². The minimum absolute atomic E-state index is 0.0776. The average molecular weight is 252 g/mol. The summed E-state index contributed by atoms with van der Waals surface area (Å²) in [6, 6.07) is 2.02. The lowest BCUT2D eigenvalue weighted by molar-refractivity contribution is 0.278. The van der Waals surface area contributed by atoms with Crippen LogP contribution in [0.1, 0.15) is 10.4 Å². The molecule has 17 heavy (non-hydrogen) atoms. The Kier molecular flexibility index (Phi) is 6.23. The van der Waals surface area contributed by atoms with E-state index in [1.54, 1.807) is 11.3 Å². The van der Waals surface area contributed by atoms with Crippen molar-refractivity contribution in [1.82, 2.24) is 9.80 Å². The predicted molar refractivity (Wildman–Crippen MR) is 73.2 cm³/mol. The van der Waals surface area contributed by atoms with E-state index in [9.17, 15) is 0 Å². The van der Waals surface area contributed by atoms with Crippen molar-refractivity contribution in [3.8, 4) is 11.8 Å². The summed E-state index contributed by atoms with van der Waals surface area (Å²) in [6.45, 7) is 2.93. The molecule has 1 N–H and O–H groups in total. The van der Waals surface area contributed by atoms with Gasteiger partial charge in [-0.25, -0.2) is 0 Å². The number of likely N-dealkylation sites (N-methyl/N-ethyl adjacent to an activating group) is 2. The van der Waals surface area contributed by atoms with Crippen molar-refractivity contribution < 1.29 is 5.11 Å². The first-order valence-corrected chi connectivity index (χ1v) is 6.51. The highest BCUT2D eigenvalue weighted by molar-refractivity contribution is 7.10. The summed E-state index contributed by atoms with van der Waals surface area (Å²) in [6.07, 6.45) is 0. The second-order valence-electron chi connectivity index (χ2n) is 4.26. The highest BCUT2D eigenvalue weighted by atomic mass is 32.1. The quantitative estimate of drug-likeness (QED) is 0.795. The van der Waals surface area contributed by atoms with Gasteiger partial charge >= 0.3 is 0 Å². The van der Waals surface area contributed by atoms with Crippen LogP contribution in [0.5, 0.6) is 0 Å². The van der Waals surface area contributed by atoms with E-state index in [0.717, 1.165) is 25.2 Å². The summed E-state index contributed by atoms with van der Waals surface area (Å²) in [5.74, 6) is 5.69. The van der Waals surface area contributed by atoms with E-state index in [2.05, 4.69) is 48.2 Å². The number of thiophene rings is 1. The second-order valence-corrected chi connectivity index (χ2v) is 5.26. The molecule has 0 aliphatic rings. The standard InChI is InChI=1S/C13H20N2OS/c1-14(2)7-8-15(3)11-13-12(5-4-9-16)6-10-17-13/h6,10,16H,7-9,11H2,1-3H3. The number of hydrogen-bond acceptors (Lipinski definition) is 4. The molecule has 0 bridgehead atoms. The minimum atomic E-state index is -0.0776. The van der Waals surface area contributed by atoms with Gasteiger partial charge in [0.05, 0.1) is 0 Å². The minimum Gasteiger partial charge on any atom is -0.384 e. The summed E-state index contributed by atoms with van der Waals surface area (Å²) in [4.78, 5) is 5.74. The Morgan fingerprint density at radius 2 is 2.06 bits per heavy atom. The van der Waals surface area contributed by atoms with Gasteiger partial charge in [-0.15, -0.1) is 11.3 Å². The first-order valence-electron chi connectivity index (χ1n) is 5.63. The summed E-state index contributed by atoms with van der Waals surface area (Å²) in [7, 11) is 6.28. The molecule has 0 saturated carbocycles. The molecular weight excluding hydrogens is 232 g/mol. The van der Waals surface area contributed by atoms with E-state index in [1.807, 2.05) is 6.07 Å². The normalized spacial score (nSPS) is 10.7. The first-order chi connectivity index (χ1) is 8.13. The van der Waals surface area contributed by atoms with E-state index in [1.165, 1.54) is 4.88 Å². The van der Waals surface area contributed by atoms with Gasteiger partial charge < -0.3 is 10.0 Å². The van der Waals surface area contributed by atoms with Crippen molar-refractivity contribution in [2.45, 2.75) is 6.54 Å². The number of aliphatic hydroxyl groups is 1. The Hall–Kier alpha value is -0.860. The van der Waals surface area contributed by atoms with Crippen LogP contribution in [0.4, 0.5) is 0 Å². The zero-order valence-electron chi connectivity index (χ0n) is 10.7. The van der Waals surface area contributed by atoms with Crippen LogP contribution in [-0.2, 0) is 6.54 Å². The van der Waals surface area contributed by atoms with Gasteiger partial charge in [0.1, 0.15) is 6.61 Å². The Morgan fingerprint density at radius 3 is 2.71 bits per heavy atom. The van der Waals surface area contributed by atoms with Crippen LogP contribution in [0.25, 0.3) is 0 Å². The summed E-state index contributed by atoms with van der Waals surface area (Å²) < 4.78 is 0. The third-order valence-electron chi connectivity index (χ3n) is 2.39. The van der Waals surface area contributed by atoms with Crippen LogP contribution < -0.4 is 0 Å². The van der Waals surface area contributed by atoms with Gasteiger partial charge in [0.25, 0.3) is 0 Å². The van der Waals surface area contributed by atoms with Crippen LogP contribution in [0.15, 0.2) is 11.4 Å². The second kappa shape index (κ2) is 7.46. The van der Waals surface area contributed by atoms with Gasteiger partial charge in [0.15, 0.2) is 0 Å². The lowest BCUT2D eigenvalue weighted by Gasteiger charge is -2.18. The molecule has 0 radical (unpaired) electrons. The van der Waals surface area contributed by atoms with Crippen LogP contribution in [-0.4, -0.2) is 55.7 Å². The van der Waals surface area contributed by atoms with Crippen molar-refractivity contribution in [2.24, 2.45) is 0 Å². The number of rotatable bonds is 5. The third kappa shape index (κ3) is 5.33. The summed E-state index contributed by atoms with van der Waals surface area (Å²) in [5.41, 5.74) is 1.04. The fourth-order valence-corrected chi connectivity index (χ4v) is 2.31. The van der Waals surface area contributed by atoms with Gasteiger partial charge in [0.2, 0.25) is 0 Å². The van der Waals surface area contributed by atoms with Gasteiger partial charge in [0, 0.05) is 30.1 Å². The summed E-state index contributed by atoms with van der Waals surface area (Å²) >= 11 is 1.72. The molecule has 0 unspecified atom stereocenters. The van der Waals surface area contributed by atoms with Gasteiger partial charge in [-0.2, -0.15) is 0 Å². The molecule has 4 heteroatoms. The molecule has 0 fully saturated rings. The smallest absolute Gasteiger partial charge is 0.104 e. The Bertz CT molecular complexity index is 390. The first kappa shape index (κ1) is 14.2. The maximum Gasteiger partial charge on any atom is 0.104 e. The Morgan fingerprint density at radius 1 is 1.29 bits per heavy atom. The van der Waals surface area contributed by atoms with Gasteiger partial charge in [-0.3, -0.25) is 4.90 Å². The molecule has 94 valence electrons. The van der Waals surface area contributed by atoms with E-state index < -0.39 is 0 Å². The highest BCUT2D eigenvalue weighted by Crippen LogP contribution is 2.17. The van der Waals surface area contributed by atoms with Crippen LogP contribution in [0.2, 0.25) is 0 Å². The fourth-order valence-electron chi connectivity index (χ4n) is 1.40. The zero-order chi connectivity index (χ0) is 12.7. The maximum absolute atomic E-state index is 8.70. The summed E-state index contributed by atoms with van der Waals surface area (Å²) in [5, 5.41) is 10.7. The monoisotopic (exact) mass is 252 g/mol.